The summed E-state index contributed by atoms with van der Waals surface area (Å²) >= 11 is 11.8. The smallest absolute Gasteiger partial charge is 0.326 e. The van der Waals surface area contributed by atoms with Crippen LogP contribution < -0.4 is 5.32 Å². The molecular weight excluding hydrogens is 313 g/mol. The van der Waals surface area contributed by atoms with Gasteiger partial charge in [0, 0.05) is 16.1 Å². The molecule has 0 aromatic heterocycles. The van der Waals surface area contributed by atoms with Gasteiger partial charge in [0.05, 0.1) is 0 Å². The fourth-order valence-electron chi connectivity index (χ4n) is 1.69. The first kappa shape index (κ1) is 17.5. The molecule has 0 aliphatic heterocycles. The van der Waals surface area contributed by atoms with E-state index in [-0.39, 0.29) is 5.92 Å². The summed E-state index contributed by atoms with van der Waals surface area (Å²) in [6, 6.07) is 3.98. The summed E-state index contributed by atoms with van der Waals surface area (Å²) in [6.45, 7) is 3.64. The van der Waals surface area contributed by atoms with E-state index in [1.807, 2.05) is 6.92 Å². The summed E-state index contributed by atoms with van der Waals surface area (Å²) in [5, 5.41) is 12.5. The molecule has 21 heavy (non-hydrogen) atoms. The van der Waals surface area contributed by atoms with Crippen LogP contribution in [0.3, 0.4) is 0 Å². The highest BCUT2D eigenvalue weighted by Crippen LogP contribution is 2.21. The van der Waals surface area contributed by atoms with Crippen molar-refractivity contribution in [2.24, 2.45) is 5.92 Å². The number of carboxylic acid groups (broad SMARTS) is 1. The number of carbonyl (C=O) groups excluding carboxylic acids is 1. The van der Waals surface area contributed by atoms with Gasteiger partial charge in [0.15, 0.2) is 0 Å². The maximum atomic E-state index is 11.8. The molecule has 2 N–H and O–H groups in total. The lowest BCUT2D eigenvalue weighted by Crippen LogP contribution is -2.44. The molecule has 0 fully saturated rings. The number of hydrogen-bond donors (Lipinski definition) is 2. The summed E-state index contributed by atoms with van der Waals surface area (Å²) in [7, 11) is 0. The average molecular weight is 330 g/mol. The Morgan fingerprint density at radius 3 is 2.62 bits per heavy atom. The summed E-state index contributed by atoms with van der Waals surface area (Å²) in [5.74, 6) is -1.69. The van der Waals surface area contributed by atoms with E-state index in [1.165, 1.54) is 12.2 Å². The van der Waals surface area contributed by atoms with Crippen molar-refractivity contribution in [1.82, 2.24) is 5.32 Å². The van der Waals surface area contributed by atoms with Crippen LogP contribution in [0.1, 0.15) is 25.8 Å². The second-order valence-corrected chi connectivity index (χ2v) is 5.55. The molecule has 0 saturated heterocycles. The van der Waals surface area contributed by atoms with Crippen LogP contribution in [0.15, 0.2) is 24.3 Å². The van der Waals surface area contributed by atoms with E-state index < -0.39 is 17.9 Å². The van der Waals surface area contributed by atoms with Crippen LogP contribution in [-0.4, -0.2) is 23.0 Å². The quantitative estimate of drug-likeness (QED) is 0.783. The van der Waals surface area contributed by atoms with Crippen molar-refractivity contribution in [3.8, 4) is 0 Å². The number of halogens is 2. The van der Waals surface area contributed by atoms with Gasteiger partial charge >= 0.3 is 5.97 Å². The fourth-order valence-corrected chi connectivity index (χ4v) is 2.05. The normalized spacial score (nSPS) is 13.9. The van der Waals surface area contributed by atoms with Crippen molar-refractivity contribution >= 4 is 41.2 Å². The van der Waals surface area contributed by atoms with Crippen molar-refractivity contribution in [2.75, 3.05) is 0 Å². The van der Waals surface area contributed by atoms with Crippen LogP contribution in [0.4, 0.5) is 0 Å². The average Bonchev–Trinajstić information content (AvgIpc) is 2.44. The van der Waals surface area contributed by atoms with Gasteiger partial charge < -0.3 is 10.4 Å². The van der Waals surface area contributed by atoms with Crippen molar-refractivity contribution in [3.63, 3.8) is 0 Å². The van der Waals surface area contributed by atoms with Gasteiger partial charge in [-0.3, -0.25) is 4.79 Å². The molecule has 0 radical (unpaired) electrons. The molecule has 1 rings (SSSR count). The molecule has 0 bridgehead atoms. The highest BCUT2D eigenvalue weighted by molar-refractivity contribution is 6.34. The highest BCUT2D eigenvalue weighted by Gasteiger charge is 2.24. The van der Waals surface area contributed by atoms with Gasteiger partial charge in [-0.1, -0.05) is 43.5 Å². The van der Waals surface area contributed by atoms with Crippen molar-refractivity contribution < 1.29 is 14.7 Å². The minimum absolute atomic E-state index is 0.158. The van der Waals surface area contributed by atoms with Crippen LogP contribution in [0.2, 0.25) is 10.0 Å². The minimum atomic E-state index is -1.05. The number of amides is 1. The van der Waals surface area contributed by atoms with Gasteiger partial charge in [-0.25, -0.2) is 4.79 Å². The van der Waals surface area contributed by atoms with E-state index in [1.54, 1.807) is 25.1 Å². The molecule has 0 saturated carbocycles. The lowest BCUT2D eigenvalue weighted by Gasteiger charge is -2.19. The predicted octanol–water partition coefficient (Wildman–Crippen LogP) is 3.62. The van der Waals surface area contributed by atoms with Crippen LogP contribution in [0.5, 0.6) is 0 Å². The predicted molar refractivity (Wildman–Crippen MR) is 84.5 cm³/mol. The Morgan fingerprint density at radius 1 is 1.38 bits per heavy atom. The van der Waals surface area contributed by atoms with Crippen molar-refractivity contribution in [3.05, 3.63) is 39.9 Å². The van der Waals surface area contributed by atoms with E-state index in [4.69, 9.17) is 28.3 Å². The Morgan fingerprint density at radius 2 is 2.05 bits per heavy atom. The van der Waals surface area contributed by atoms with Crippen LogP contribution in [0, 0.1) is 5.92 Å². The van der Waals surface area contributed by atoms with E-state index in [0.29, 0.717) is 22.0 Å². The van der Waals surface area contributed by atoms with Crippen molar-refractivity contribution in [2.45, 2.75) is 26.3 Å². The minimum Gasteiger partial charge on any atom is -0.480 e. The lowest BCUT2D eigenvalue weighted by molar-refractivity contribution is -0.142. The van der Waals surface area contributed by atoms with Gasteiger partial charge in [-0.15, -0.1) is 0 Å². The van der Waals surface area contributed by atoms with Gasteiger partial charge in [0.25, 0.3) is 0 Å². The third-order valence-electron chi connectivity index (χ3n) is 3.15. The maximum Gasteiger partial charge on any atom is 0.326 e. The number of benzene rings is 1. The number of rotatable bonds is 6. The molecule has 0 aliphatic rings. The van der Waals surface area contributed by atoms with E-state index in [0.717, 1.165) is 0 Å². The third-order valence-corrected chi connectivity index (χ3v) is 3.73. The molecule has 1 amide bonds. The number of carboxylic acids is 1. The Labute approximate surface area is 133 Å². The van der Waals surface area contributed by atoms with Gasteiger partial charge in [-0.2, -0.15) is 0 Å². The van der Waals surface area contributed by atoms with Gasteiger partial charge in [-0.05, 0) is 35.8 Å². The Bertz CT molecular complexity index is 558. The highest BCUT2D eigenvalue weighted by atomic mass is 35.5. The molecule has 0 heterocycles. The molecule has 0 spiro atoms. The van der Waals surface area contributed by atoms with E-state index in [9.17, 15) is 9.59 Å². The second-order valence-electron chi connectivity index (χ2n) is 4.71. The summed E-state index contributed by atoms with van der Waals surface area (Å²) < 4.78 is 0. The SMILES string of the molecule is CCC(C)[C@H](NC(=O)/C=C/c1cc(Cl)ccc1Cl)C(=O)O. The van der Waals surface area contributed by atoms with Crippen LogP contribution in [0.25, 0.3) is 6.08 Å². The monoisotopic (exact) mass is 329 g/mol. The summed E-state index contributed by atoms with van der Waals surface area (Å²) in [4.78, 5) is 22.9. The lowest BCUT2D eigenvalue weighted by atomic mass is 9.99. The Balaban J connectivity index is 2.78. The molecule has 1 aromatic rings. The molecular formula is C15H17Cl2NO3. The summed E-state index contributed by atoms with van der Waals surface area (Å²) in [5.41, 5.74) is 0.592. The molecule has 2 atom stereocenters. The zero-order chi connectivity index (χ0) is 16.0. The first-order valence-corrected chi connectivity index (χ1v) is 7.27. The van der Waals surface area contributed by atoms with E-state index >= 15 is 0 Å². The van der Waals surface area contributed by atoms with Gasteiger partial charge in [0.2, 0.25) is 5.91 Å². The molecule has 1 unspecified atom stereocenters. The molecule has 4 nitrogen and oxygen atoms in total. The standard InChI is InChI=1S/C15H17Cl2NO3/c1-3-9(2)14(15(20)21)18-13(19)7-4-10-8-11(16)5-6-12(10)17/h4-9,14H,3H2,1-2H3,(H,18,19)(H,20,21)/b7-4+/t9?,14-/m0/s1. The number of nitrogens with one attached hydrogen (secondary N) is 1. The number of aliphatic carboxylic acids is 1. The first-order valence-electron chi connectivity index (χ1n) is 6.51. The summed E-state index contributed by atoms with van der Waals surface area (Å²) in [6.07, 6.45) is 3.40. The molecule has 114 valence electrons. The second kappa shape index (κ2) is 8.05. The molecule has 0 aliphatic carbocycles. The zero-order valence-electron chi connectivity index (χ0n) is 11.8. The van der Waals surface area contributed by atoms with Gasteiger partial charge in [0.1, 0.15) is 6.04 Å². The zero-order valence-corrected chi connectivity index (χ0v) is 13.3. The first-order chi connectivity index (χ1) is 9.85. The van der Waals surface area contributed by atoms with Crippen LogP contribution >= 0.6 is 23.2 Å². The molecule has 6 heteroatoms. The van der Waals surface area contributed by atoms with E-state index in [2.05, 4.69) is 5.32 Å². The van der Waals surface area contributed by atoms with Crippen molar-refractivity contribution in [1.29, 1.82) is 0 Å². The maximum absolute atomic E-state index is 11.8. The fraction of sp³-hybridized carbons (Fsp3) is 0.333. The number of hydrogen-bond acceptors (Lipinski definition) is 2. The Hall–Kier alpha value is -1.52. The third kappa shape index (κ3) is 5.40. The Kier molecular flexibility index (Phi) is 6.72. The largest absolute Gasteiger partial charge is 0.480 e. The molecule has 1 aromatic carbocycles. The topological polar surface area (TPSA) is 66.4 Å². The van der Waals surface area contributed by atoms with Crippen LogP contribution in [-0.2, 0) is 9.59 Å². The number of carbonyl (C=O) groups is 2.